The maximum Gasteiger partial charge on any atom is 0.312 e. The van der Waals surface area contributed by atoms with Crippen LogP contribution < -0.4 is 10.5 Å². The number of nitrogens with zero attached hydrogens (tertiary/aromatic N) is 1. The molecule has 1 aromatic heterocycles. The highest BCUT2D eigenvalue weighted by Gasteiger charge is 2.54. The van der Waals surface area contributed by atoms with E-state index in [0.29, 0.717) is 30.8 Å². The molecule has 1 aliphatic rings. The Balaban J connectivity index is 2.21. The van der Waals surface area contributed by atoms with E-state index in [1.807, 2.05) is 0 Å². The summed E-state index contributed by atoms with van der Waals surface area (Å²) in [5.41, 5.74) is 5.18. The number of aliphatic carboxylic acids is 1. The Kier molecular flexibility index (Phi) is 5.38. The molecule has 0 spiro atoms. The van der Waals surface area contributed by atoms with Gasteiger partial charge in [0, 0.05) is 13.2 Å². The molecule has 1 saturated carbocycles. The van der Waals surface area contributed by atoms with E-state index in [-0.39, 0.29) is 24.0 Å². The standard InChI is InChI=1S/C18H28N2O4/c1-17(2,3)14-9-13(24-15-6-5-12(19)10-20-15)7-8-18(14,11-23-4)16(21)22/h5-6,10,13-14H,7-9,11,19H2,1-4H3,(H,21,22). The van der Waals surface area contributed by atoms with Crippen molar-refractivity contribution in [2.45, 2.75) is 46.1 Å². The number of nitrogens with two attached hydrogens (primary N) is 1. The van der Waals surface area contributed by atoms with Crippen molar-refractivity contribution in [3.05, 3.63) is 18.3 Å². The van der Waals surface area contributed by atoms with E-state index in [1.165, 1.54) is 0 Å². The number of anilines is 1. The van der Waals surface area contributed by atoms with Crippen LogP contribution in [0.4, 0.5) is 5.69 Å². The highest BCUT2D eigenvalue weighted by molar-refractivity contribution is 5.75. The molecule has 0 amide bonds. The molecule has 134 valence electrons. The Hall–Kier alpha value is -1.82. The molecule has 1 aromatic rings. The molecule has 3 atom stereocenters. The first-order chi connectivity index (χ1) is 11.2. The fourth-order valence-corrected chi connectivity index (χ4v) is 3.87. The van der Waals surface area contributed by atoms with Gasteiger partial charge in [0.05, 0.1) is 23.9 Å². The zero-order valence-corrected chi connectivity index (χ0v) is 14.9. The van der Waals surface area contributed by atoms with E-state index >= 15 is 0 Å². The SMILES string of the molecule is COCC1(C(=O)O)CCC(Oc2ccc(N)cn2)CC1C(C)(C)C. The van der Waals surface area contributed by atoms with Gasteiger partial charge in [0.2, 0.25) is 5.88 Å². The number of nitrogen functional groups attached to an aromatic ring is 1. The first kappa shape index (κ1) is 18.5. The second kappa shape index (κ2) is 6.97. The number of carboxylic acid groups (broad SMARTS) is 1. The van der Waals surface area contributed by atoms with Gasteiger partial charge in [-0.3, -0.25) is 4.79 Å². The van der Waals surface area contributed by atoms with Crippen molar-refractivity contribution < 1.29 is 19.4 Å². The van der Waals surface area contributed by atoms with Gasteiger partial charge in [0.25, 0.3) is 0 Å². The minimum absolute atomic E-state index is 0.0602. The van der Waals surface area contributed by atoms with Crippen LogP contribution in [0.3, 0.4) is 0 Å². The van der Waals surface area contributed by atoms with Crippen molar-refractivity contribution in [2.75, 3.05) is 19.5 Å². The number of hydrogen-bond donors (Lipinski definition) is 2. The molecular weight excluding hydrogens is 308 g/mol. The van der Waals surface area contributed by atoms with E-state index in [4.69, 9.17) is 15.2 Å². The van der Waals surface area contributed by atoms with Crippen molar-refractivity contribution in [3.63, 3.8) is 0 Å². The zero-order valence-electron chi connectivity index (χ0n) is 14.9. The second-order valence-corrected chi connectivity index (χ2v) is 7.76. The summed E-state index contributed by atoms with van der Waals surface area (Å²) in [5.74, 6) is -0.320. The van der Waals surface area contributed by atoms with Gasteiger partial charge in [-0.05, 0) is 36.7 Å². The molecule has 6 nitrogen and oxygen atoms in total. The van der Waals surface area contributed by atoms with E-state index in [1.54, 1.807) is 25.4 Å². The second-order valence-electron chi connectivity index (χ2n) is 7.76. The normalized spacial score (nSPS) is 27.7. The van der Waals surface area contributed by atoms with E-state index in [9.17, 15) is 9.90 Å². The van der Waals surface area contributed by atoms with Crippen molar-refractivity contribution >= 4 is 11.7 Å². The summed E-state index contributed by atoms with van der Waals surface area (Å²) in [6.07, 6.45) is 3.35. The maximum absolute atomic E-state index is 12.1. The molecule has 1 aliphatic carbocycles. The molecule has 0 aromatic carbocycles. The average Bonchev–Trinajstić information content (AvgIpc) is 2.50. The van der Waals surface area contributed by atoms with E-state index in [2.05, 4.69) is 25.8 Å². The van der Waals surface area contributed by atoms with Crippen LogP contribution in [0.25, 0.3) is 0 Å². The van der Waals surface area contributed by atoms with Crippen LogP contribution in [0.15, 0.2) is 18.3 Å². The number of carboxylic acids is 1. The van der Waals surface area contributed by atoms with Crippen molar-refractivity contribution in [2.24, 2.45) is 16.7 Å². The number of carbonyl (C=O) groups is 1. The van der Waals surface area contributed by atoms with Crippen LogP contribution >= 0.6 is 0 Å². The van der Waals surface area contributed by atoms with Gasteiger partial charge in [-0.15, -0.1) is 0 Å². The Morgan fingerprint density at radius 2 is 2.17 bits per heavy atom. The van der Waals surface area contributed by atoms with Crippen LogP contribution in [0.2, 0.25) is 0 Å². The van der Waals surface area contributed by atoms with E-state index in [0.717, 1.165) is 0 Å². The summed E-state index contributed by atoms with van der Waals surface area (Å²) in [6, 6.07) is 3.49. The van der Waals surface area contributed by atoms with E-state index < -0.39 is 11.4 Å². The summed E-state index contributed by atoms with van der Waals surface area (Å²) in [4.78, 5) is 16.3. The lowest BCUT2D eigenvalue weighted by molar-refractivity contribution is -0.169. The maximum atomic E-state index is 12.1. The smallest absolute Gasteiger partial charge is 0.312 e. The number of hydrogen-bond acceptors (Lipinski definition) is 5. The molecule has 6 heteroatoms. The van der Waals surface area contributed by atoms with Crippen LogP contribution in [0.5, 0.6) is 5.88 Å². The van der Waals surface area contributed by atoms with Crippen LogP contribution in [0.1, 0.15) is 40.0 Å². The summed E-state index contributed by atoms with van der Waals surface area (Å²) >= 11 is 0. The molecule has 3 N–H and O–H groups in total. The predicted octanol–water partition coefficient (Wildman–Crippen LogP) is 2.97. The number of methoxy groups -OCH3 is 1. The van der Waals surface area contributed by atoms with Gasteiger partial charge < -0.3 is 20.3 Å². The molecule has 1 fully saturated rings. The summed E-state index contributed by atoms with van der Waals surface area (Å²) < 4.78 is 11.3. The topological polar surface area (TPSA) is 94.7 Å². The molecule has 0 saturated heterocycles. The predicted molar refractivity (Wildman–Crippen MR) is 91.8 cm³/mol. The third-order valence-electron chi connectivity index (χ3n) is 5.00. The number of rotatable bonds is 5. The lowest BCUT2D eigenvalue weighted by Gasteiger charge is -2.48. The molecule has 2 rings (SSSR count). The Bertz CT molecular complexity index is 567. The Labute approximate surface area is 143 Å². The van der Waals surface area contributed by atoms with Gasteiger partial charge in [0.15, 0.2) is 0 Å². The van der Waals surface area contributed by atoms with Gasteiger partial charge in [-0.25, -0.2) is 4.98 Å². The number of aromatic nitrogens is 1. The average molecular weight is 336 g/mol. The fraction of sp³-hybridized carbons (Fsp3) is 0.667. The minimum atomic E-state index is -0.874. The molecular formula is C18H28N2O4. The Morgan fingerprint density at radius 3 is 2.67 bits per heavy atom. The highest BCUT2D eigenvalue weighted by Crippen LogP contribution is 2.50. The third kappa shape index (κ3) is 3.80. The molecule has 24 heavy (non-hydrogen) atoms. The van der Waals surface area contributed by atoms with Crippen LogP contribution in [-0.2, 0) is 9.53 Å². The molecule has 0 aliphatic heterocycles. The first-order valence-corrected chi connectivity index (χ1v) is 8.29. The lowest BCUT2D eigenvalue weighted by atomic mass is 9.57. The van der Waals surface area contributed by atoms with Crippen molar-refractivity contribution in [3.8, 4) is 5.88 Å². The fourth-order valence-electron chi connectivity index (χ4n) is 3.87. The molecule has 3 unspecified atom stereocenters. The van der Waals surface area contributed by atoms with Gasteiger partial charge in [-0.2, -0.15) is 0 Å². The molecule has 0 bridgehead atoms. The summed E-state index contributed by atoms with van der Waals surface area (Å²) in [6.45, 7) is 6.45. The quantitative estimate of drug-likeness (QED) is 0.858. The molecule has 0 radical (unpaired) electrons. The van der Waals surface area contributed by atoms with Crippen molar-refractivity contribution in [1.82, 2.24) is 4.98 Å². The molecule has 1 heterocycles. The highest BCUT2D eigenvalue weighted by atomic mass is 16.5. The van der Waals surface area contributed by atoms with Gasteiger partial charge >= 0.3 is 5.97 Å². The third-order valence-corrected chi connectivity index (χ3v) is 5.00. The van der Waals surface area contributed by atoms with Gasteiger partial charge in [-0.1, -0.05) is 20.8 Å². The Morgan fingerprint density at radius 1 is 1.46 bits per heavy atom. The number of pyridine rings is 1. The lowest BCUT2D eigenvalue weighted by Crippen LogP contribution is -2.52. The minimum Gasteiger partial charge on any atom is -0.481 e. The summed E-state index contributed by atoms with van der Waals surface area (Å²) in [7, 11) is 1.56. The van der Waals surface area contributed by atoms with Gasteiger partial charge in [0.1, 0.15) is 6.10 Å². The van der Waals surface area contributed by atoms with Crippen LogP contribution in [-0.4, -0.2) is 35.9 Å². The summed E-state index contributed by atoms with van der Waals surface area (Å²) in [5, 5.41) is 9.91. The first-order valence-electron chi connectivity index (χ1n) is 8.29. The monoisotopic (exact) mass is 336 g/mol. The van der Waals surface area contributed by atoms with Crippen molar-refractivity contribution in [1.29, 1.82) is 0 Å². The number of ether oxygens (including phenoxy) is 2. The van der Waals surface area contributed by atoms with Crippen LogP contribution in [0, 0.1) is 16.7 Å². The zero-order chi connectivity index (χ0) is 18.0. The largest absolute Gasteiger partial charge is 0.481 e.